The normalized spacial score (nSPS) is 15.5. The Kier molecular flexibility index (Phi) is 4.15. The molecule has 0 aromatic heterocycles. The highest BCUT2D eigenvalue weighted by Gasteiger charge is 2.30. The molecule has 5 nitrogen and oxygen atoms in total. The van der Waals surface area contributed by atoms with E-state index < -0.39 is 10.0 Å². The lowest BCUT2D eigenvalue weighted by Gasteiger charge is -2.09. The molecule has 1 aromatic rings. The van der Waals surface area contributed by atoms with Crippen LogP contribution in [0.1, 0.15) is 13.8 Å². The van der Waals surface area contributed by atoms with Crippen molar-refractivity contribution in [2.24, 2.45) is 0 Å². The van der Waals surface area contributed by atoms with Crippen molar-refractivity contribution in [3.8, 4) is 5.75 Å². The van der Waals surface area contributed by atoms with Crippen LogP contribution in [0.3, 0.4) is 0 Å². The topological polar surface area (TPSA) is 58.4 Å². The summed E-state index contributed by atoms with van der Waals surface area (Å²) in [5.41, 5.74) is 0. The molecule has 0 atom stereocenters. The minimum absolute atomic E-state index is 0.238. The second kappa shape index (κ2) is 5.50. The van der Waals surface area contributed by atoms with Gasteiger partial charge in [0.25, 0.3) is 5.84 Å². The van der Waals surface area contributed by atoms with E-state index in [-0.39, 0.29) is 4.90 Å². The van der Waals surface area contributed by atoms with E-state index in [1.54, 1.807) is 25.1 Å². The van der Waals surface area contributed by atoms with Crippen molar-refractivity contribution in [3.05, 3.63) is 22.7 Å². The third kappa shape index (κ3) is 2.76. The second-order valence-corrected chi connectivity index (χ2v) is 6.83. The minimum atomic E-state index is -3.51. The van der Waals surface area contributed by atoms with Crippen molar-refractivity contribution in [1.29, 1.82) is 0 Å². The first-order valence-corrected chi connectivity index (χ1v) is 8.22. The molecule has 1 aliphatic heterocycles. The van der Waals surface area contributed by atoms with Crippen LogP contribution in [0.2, 0.25) is 0 Å². The van der Waals surface area contributed by atoms with Gasteiger partial charge in [-0.1, -0.05) is 0 Å². The molecule has 19 heavy (non-hydrogen) atoms. The number of ether oxygens (including phenoxy) is 1. The molecule has 0 aliphatic carbocycles. The summed E-state index contributed by atoms with van der Waals surface area (Å²) in [6, 6.07) is 4.82. The molecule has 0 unspecified atom stereocenters. The van der Waals surface area contributed by atoms with Crippen molar-refractivity contribution < 1.29 is 17.1 Å². The highest BCUT2D eigenvalue weighted by molar-refractivity contribution is 9.10. The summed E-state index contributed by atoms with van der Waals surface area (Å²) in [4.78, 5) is 0.238. The van der Waals surface area contributed by atoms with Crippen LogP contribution < -0.4 is 10.1 Å². The van der Waals surface area contributed by atoms with Gasteiger partial charge in [-0.05, 0) is 35.0 Å². The van der Waals surface area contributed by atoms with E-state index in [0.29, 0.717) is 31.3 Å². The highest BCUT2D eigenvalue weighted by atomic mass is 79.9. The van der Waals surface area contributed by atoms with Gasteiger partial charge in [0.2, 0.25) is 0 Å². The number of halogens is 1. The molecule has 2 rings (SSSR count). The van der Waals surface area contributed by atoms with Crippen molar-refractivity contribution in [1.82, 2.24) is 5.32 Å². The summed E-state index contributed by atoms with van der Waals surface area (Å²) in [6.45, 7) is 5.19. The zero-order chi connectivity index (χ0) is 14.0. The van der Waals surface area contributed by atoms with Crippen molar-refractivity contribution in [3.63, 3.8) is 0 Å². The summed E-state index contributed by atoms with van der Waals surface area (Å²) >= 11 is 3.34. The molecule has 1 aromatic carbocycles. The maximum atomic E-state index is 12.5. The largest absolute Gasteiger partial charge is 0.493 e. The van der Waals surface area contributed by atoms with Gasteiger partial charge in [0.15, 0.2) is 0 Å². The first-order valence-electron chi connectivity index (χ1n) is 5.99. The Bertz CT molecular complexity index is 626. The van der Waals surface area contributed by atoms with Gasteiger partial charge in [-0.15, -0.1) is 3.98 Å². The van der Waals surface area contributed by atoms with E-state index in [9.17, 15) is 8.42 Å². The Morgan fingerprint density at radius 1 is 1.47 bits per heavy atom. The molecule has 0 radical (unpaired) electrons. The summed E-state index contributed by atoms with van der Waals surface area (Å²) < 4.78 is 32.5. The fourth-order valence-corrected chi connectivity index (χ4v) is 3.80. The standard InChI is InChI=1S/C12H15BrN2O3S/c1-3-18-12-8-10(4-5-11(12)13)19(16,17)15-7-6-14-9(15)2/h4-5,8H,3,6-7H2,1-2H3/p+1. The monoisotopic (exact) mass is 347 g/mol. The average Bonchev–Trinajstić information content (AvgIpc) is 2.79. The molecular weight excluding hydrogens is 332 g/mol. The molecule has 104 valence electrons. The van der Waals surface area contributed by atoms with Crippen LogP contribution in [0.15, 0.2) is 27.6 Å². The van der Waals surface area contributed by atoms with Crippen molar-refractivity contribution >= 4 is 31.8 Å². The Morgan fingerprint density at radius 3 is 2.79 bits per heavy atom. The number of amidine groups is 1. The Balaban J connectivity index is 2.47. The van der Waals surface area contributed by atoms with Crippen LogP contribution in [0.25, 0.3) is 0 Å². The molecule has 7 heteroatoms. The fraction of sp³-hybridized carbons (Fsp3) is 0.417. The maximum Gasteiger partial charge on any atom is 0.331 e. The number of nitrogens with zero attached hydrogens (tertiary/aromatic N) is 1. The van der Waals surface area contributed by atoms with Gasteiger partial charge in [0.1, 0.15) is 23.7 Å². The van der Waals surface area contributed by atoms with Crippen LogP contribution in [0.5, 0.6) is 5.75 Å². The first-order chi connectivity index (χ1) is 8.96. The molecule has 1 aliphatic rings. The van der Waals surface area contributed by atoms with Gasteiger partial charge < -0.3 is 4.74 Å². The Labute approximate surface area is 121 Å². The molecule has 0 bridgehead atoms. The zero-order valence-electron chi connectivity index (χ0n) is 10.8. The fourth-order valence-electron chi connectivity index (χ4n) is 1.93. The van der Waals surface area contributed by atoms with E-state index in [4.69, 9.17) is 4.74 Å². The Hall–Kier alpha value is -1.08. The molecule has 0 fully saturated rings. The quantitative estimate of drug-likeness (QED) is 0.840. The van der Waals surface area contributed by atoms with Gasteiger partial charge in [-0.25, -0.2) is 0 Å². The summed E-state index contributed by atoms with van der Waals surface area (Å²) in [5, 5.41) is 3.02. The molecule has 0 spiro atoms. The smallest absolute Gasteiger partial charge is 0.331 e. The van der Waals surface area contributed by atoms with E-state index in [1.165, 1.54) is 3.98 Å². The van der Waals surface area contributed by atoms with Crippen LogP contribution in [-0.4, -0.2) is 37.9 Å². The van der Waals surface area contributed by atoms with Crippen molar-refractivity contribution in [2.75, 3.05) is 19.7 Å². The SMILES string of the molecule is CCOc1cc(S(=O)(=O)[N+]2=C(C)NCC2)ccc1Br. The molecular formula is C12H16BrN2O3S+. The number of sulfonamides is 1. The van der Waals surface area contributed by atoms with Crippen LogP contribution >= 0.6 is 15.9 Å². The maximum absolute atomic E-state index is 12.5. The zero-order valence-corrected chi connectivity index (χ0v) is 13.2. The van der Waals surface area contributed by atoms with Crippen LogP contribution in [0.4, 0.5) is 0 Å². The van der Waals surface area contributed by atoms with Gasteiger partial charge >= 0.3 is 10.0 Å². The molecule has 0 saturated carbocycles. The lowest BCUT2D eigenvalue weighted by molar-refractivity contribution is -0.353. The minimum Gasteiger partial charge on any atom is -0.493 e. The number of benzene rings is 1. The summed E-state index contributed by atoms with van der Waals surface area (Å²) in [6.07, 6.45) is 0. The molecule has 0 amide bonds. The van der Waals surface area contributed by atoms with Crippen LogP contribution in [0, 0.1) is 0 Å². The predicted octanol–water partition coefficient (Wildman–Crippen LogP) is 1.57. The third-order valence-corrected chi connectivity index (χ3v) is 5.40. The lowest BCUT2D eigenvalue weighted by atomic mass is 10.3. The number of nitrogens with one attached hydrogen (secondary N) is 1. The lowest BCUT2D eigenvalue weighted by Crippen LogP contribution is -2.25. The molecule has 1 heterocycles. The Morgan fingerprint density at radius 2 is 2.21 bits per heavy atom. The second-order valence-electron chi connectivity index (χ2n) is 4.11. The highest BCUT2D eigenvalue weighted by Crippen LogP contribution is 2.28. The van der Waals surface area contributed by atoms with E-state index >= 15 is 0 Å². The molecule has 1 N–H and O–H groups in total. The van der Waals surface area contributed by atoms with Crippen LogP contribution in [-0.2, 0) is 10.0 Å². The third-order valence-electron chi connectivity index (χ3n) is 2.86. The number of hydrogen-bond acceptors (Lipinski definition) is 4. The molecule has 0 saturated heterocycles. The summed E-state index contributed by atoms with van der Waals surface area (Å²) in [5.74, 6) is 1.19. The first kappa shape index (κ1) is 14.3. The number of hydrogen-bond donors (Lipinski definition) is 1. The number of rotatable bonds is 4. The summed E-state index contributed by atoms with van der Waals surface area (Å²) in [7, 11) is -3.51. The van der Waals surface area contributed by atoms with Gasteiger partial charge in [-0.3, -0.25) is 5.32 Å². The van der Waals surface area contributed by atoms with E-state index in [0.717, 1.165) is 4.47 Å². The van der Waals surface area contributed by atoms with Crippen molar-refractivity contribution in [2.45, 2.75) is 18.7 Å². The van der Waals surface area contributed by atoms with Gasteiger partial charge in [0, 0.05) is 13.0 Å². The van der Waals surface area contributed by atoms with E-state index in [2.05, 4.69) is 21.2 Å². The predicted molar refractivity (Wildman–Crippen MR) is 76.3 cm³/mol. The van der Waals surface area contributed by atoms with Gasteiger partial charge in [0.05, 0.1) is 11.1 Å². The van der Waals surface area contributed by atoms with E-state index in [1.807, 2.05) is 6.92 Å². The average molecular weight is 348 g/mol. The van der Waals surface area contributed by atoms with Gasteiger partial charge in [-0.2, -0.15) is 8.42 Å².